The first-order valence-corrected chi connectivity index (χ1v) is 9.30. The quantitative estimate of drug-likeness (QED) is 0.807. The van der Waals surface area contributed by atoms with E-state index in [9.17, 15) is 4.79 Å². The Labute approximate surface area is 146 Å². The minimum absolute atomic E-state index is 0.182. The zero-order valence-corrected chi connectivity index (χ0v) is 14.6. The zero-order chi connectivity index (χ0) is 16.6. The van der Waals surface area contributed by atoms with Crippen molar-refractivity contribution in [2.24, 2.45) is 0 Å². The maximum atomic E-state index is 12.4. The van der Waals surface area contributed by atoms with Gasteiger partial charge in [0.15, 0.2) is 0 Å². The van der Waals surface area contributed by atoms with Crippen LogP contribution in [0.2, 0.25) is 0 Å². The average Bonchev–Trinajstić information content (AvgIpc) is 3.00. The summed E-state index contributed by atoms with van der Waals surface area (Å²) in [7, 11) is 0. The number of aromatic nitrogens is 1. The van der Waals surface area contributed by atoms with Crippen molar-refractivity contribution < 1.29 is 9.53 Å². The Morgan fingerprint density at radius 1 is 1.17 bits per heavy atom. The minimum atomic E-state index is 0.182. The Kier molecular flexibility index (Phi) is 6.20. The molecule has 2 heterocycles. The summed E-state index contributed by atoms with van der Waals surface area (Å²) >= 11 is 1.63. The van der Waals surface area contributed by atoms with Crippen molar-refractivity contribution in [2.75, 3.05) is 32.8 Å². The van der Waals surface area contributed by atoms with Crippen LogP contribution in [0.3, 0.4) is 0 Å². The number of hydrogen-bond donors (Lipinski definition) is 0. The number of benzene rings is 1. The van der Waals surface area contributed by atoms with E-state index in [-0.39, 0.29) is 5.91 Å². The molecule has 24 heavy (non-hydrogen) atoms. The molecule has 1 aliphatic rings. The van der Waals surface area contributed by atoms with E-state index in [0.717, 1.165) is 50.6 Å². The van der Waals surface area contributed by atoms with Crippen LogP contribution in [0, 0.1) is 0 Å². The summed E-state index contributed by atoms with van der Waals surface area (Å²) in [5.41, 5.74) is 2.99. The lowest BCUT2D eigenvalue weighted by Crippen LogP contribution is -2.35. The van der Waals surface area contributed by atoms with Crippen LogP contribution in [-0.4, -0.2) is 53.5 Å². The number of hydrogen-bond acceptors (Lipinski definition) is 5. The molecule has 1 saturated heterocycles. The third-order valence-corrected chi connectivity index (χ3v) is 4.77. The minimum Gasteiger partial charge on any atom is -0.493 e. The first-order valence-electron chi connectivity index (χ1n) is 8.36. The zero-order valence-electron chi connectivity index (χ0n) is 13.8. The van der Waals surface area contributed by atoms with Crippen molar-refractivity contribution in [1.29, 1.82) is 0 Å². The van der Waals surface area contributed by atoms with Gasteiger partial charge in [0.2, 0.25) is 5.91 Å². The number of rotatable bonds is 6. The highest BCUT2D eigenvalue weighted by atomic mass is 32.1. The van der Waals surface area contributed by atoms with Crippen LogP contribution in [-0.2, 0) is 11.3 Å². The van der Waals surface area contributed by atoms with Gasteiger partial charge in [-0.1, -0.05) is 18.2 Å². The Morgan fingerprint density at radius 3 is 2.83 bits per heavy atom. The number of nitrogens with zero attached hydrogens (tertiary/aromatic N) is 3. The monoisotopic (exact) mass is 345 g/mol. The molecule has 0 aliphatic carbocycles. The lowest BCUT2D eigenvalue weighted by Gasteiger charge is -2.21. The van der Waals surface area contributed by atoms with E-state index in [1.165, 1.54) is 0 Å². The predicted molar refractivity (Wildman–Crippen MR) is 95.1 cm³/mol. The molecule has 2 aromatic rings. The van der Waals surface area contributed by atoms with E-state index in [4.69, 9.17) is 4.74 Å². The standard InChI is InChI=1S/C18H23N3O2S/c22-18(7-12-23-17-5-2-1-3-6-17)21-9-4-8-20(10-11-21)13-16-14-24-15-19-16/h1-3,5-6,14-15H,4,7-13H2. The summed E-state index contributed by atoms with van der Waals surface area (Å²) in [6.45, 7) is 4.85. The number of para-hydroxylation sites is 1. The van der Waals surface area contributed by atoms with Gasteiger partial charge in [0, 0.05) is 38.1 Å². The smallest absolute Gasteiger partial charge is 0.226 e. The largest absolute Gasteiger partial charge is 0.493 e. The molecular weight excluding hydrogens is 322 g/mol. The highest BCUT2D eigenvalue weighted by Crippen LogP contribution is 2.11. The first kappa shape index (κ1) is 16.9. The topological polar surface area (TPSA) is 45.7 Å². The molecule has 0 bridgehead atoms. The molecule has 1 fully saturated rings. The van der Waals surface area contributed by atoms with E-state index >= 15 is 0 Å². The highest BCUT2D eigenvalue weighted by Gasteiger charge is 2.19. The summed E-state index contributed by atoms with van der Waals surface area (Å²) in [5.74, 6) is 0.997. The van der Waals surface area contributed by atoms with Gasteiger partial charge in [-0.25, -0.2) is 4.98 Å². The van der Waals surface area contributed by atoms with Crippen LogP contribution < -0.4 is 4.74 Å². The van der Waals surface area contributed by atoms with E-state index in [0.29, 0.717) is 13.0 Å². The normalized spacial score (nSPS) is 15.9. The van der Waals surface area contributed by atoms with Crippen LogP contribution in [0.1, 0.15) is 18.5 Å². The summed E-state index contributed by atoms with van der Waals surface area (Å²) < 4.78 is 5.62. The van der Waals surface area contributed by atoms with E-state index < -0.39 is 0 Å². The van der Waals surface area contributed by atoms with E-state index in [2.05, 4.69) is 15.3 Å². The van der Waals surface area contributed by atoms with Gasteiger partial charge >= 0.3 is 0 Å². The van der Waals surface area contributed by atoms with Crippen LogP contribution in [0.4, 0.5) is 0 Å². The fourth-order valence-electron chi connectivity index (χ4n) is 2.85. The molecule has 128 valence electrons. The molecule has 0 unspecified atom stereocenters. The van der Waals surface area contributed by atoms with Crippen LogP contribution in [0.25, 0.3) is 0 Å². The molecule has 3 rings (SSSR count). The Hall–Kier alpha value is -1.92. The van der Waals surface area contributed by atoms with E-state index in [1.807, 2.05) is 40.7 Å². The Morgan fingerprint density at radius 2 is 2.04 bits per heavy atom. The first-order chi connectivity index (χ1) is 11.8. The van der Waals surface area contributed by atoms with Crippen molar-refractivity contribution >= 4 is 17.2 Å². The fraction of sp³-hybridized carbons (Fsp3) is 0.444. The van der Waals surface area contributed by atoms with Gasteiger partial charge in [-0.15, -0.1) is 11.3 Å². The third kappa shape index (κ3) is 5.04. The third-order valence-electron chi connectivity index (χ3n) is 4.14. The average molecular weight is 345 g/mol. The van der Waals surface area contributed by atoms with Gasteiger partial charge in [-0.3, -0.25) is 9.69 Å². The second kappa shape index (κ2) is 8.80. The van der Waals surface area contributed by atoms with E-state index in [1.54, 1.807) is 11.3 Å². The van der Waals surface area contributed by atoms with Crippen molar-refractivity contribution in [1.82, 2.24) is 14.8 Å². The molecule has 1 aromatic carbocycles. The molecule has 0 radical (unpaired) electrons. The second-order valence-electron chi connectivity index (χ2n) is 5.90. The number of thiazole rings is 1. The van der Waals surface area contributed by atoms with Crippen molar-refractivity contribution in [3.05, 3.63) is 46.9 Å². The van der Waals surface area contributed by atoms with Crippen LogP contribution in [0.5, 0.6) is 5.75 Å². The molecule has 1 aliphatic heterocycles. The van der Waals surface area contributed by atoms with Crippen molar-refractivity contribution in [2.45, 2.75) is 19.4 Å². The van der Waals surface area contributed by atoms with Gasteiger partial charge in [-0.2, -0.15) is 0 Å². The molecule has 0 spiro atoms. The Balaban J connectivity index is 1.41. The molecule has 6 heteroatoms. The lowest BCUT2D eigenvalue weighted by molar-refractivity contribution is -0.131. The maximum Gasteiger partial charge on any atom is 0.226 e. The summed E-state index contributed by atoms with van der Waals surface area (Å²) in [6, 6.07) is 9.64. The molecule has 0 N–H and O–H groups in total. The molecule has 0 saturated carbocycles. The SMILES string of the molecule is O=C(CCOc1ccccc1)N1CCCN(Cc2cscn2)CC1. The molecule has 5 nitrogen and oxygen atoms in total. The maximum absolute atomic E-state index is 12.4. The summed E-state index contributed by atoms with van der Waals surface area (Å²) in [6.07, 6.45) is 1.44. The molecule has 1 aromatic heterocycles. The van der Waals surface area contributed by atoms with Gasteiger partial charge < -0.3 is 9.64 Å². The number of carbonyl (C=O) groups excluding carboxylic acids is 1. The summed E-state index contributed by atoms with van der Waals surface area (Å²) in [5, 5.41) is 2.09. The van der Waals surface area contributed by atoms with Crippen LogP contribution in [0.15, 0.2) is 41.2 Å². The number of ether oxygens (including phenoxy) is 1. The Bertz CT molecular complexity index is 618. The van der Waals surface area contributed by atoms with Crippen LogP contribution >= 0.6 is 11.3 Å². The van der Waals surface area contributed by atoms with Gasteiger partial charge in [0.1, 0.15) is 5.75 Å². The number of amides is 1. The fourth-order valence-corrected chi connectivity index (χ4v) is 3.40. The van der Waals surface area contributed by atoms with Gasteiger partial charge in [-0.05, 0) is 18.6 Å². The highest BCUT2D eigenvalue weighted by molar-refractivity contribution is 7.07. The van der Waals surface area contributed by atoms with Gasteiger partial charge in [0.25, 0.3) is 0 Å². The predicted octanol–water partition coefficient (Wildman–Crippen LogP) is 2.65. The molecule has 0 atom stereocenters. The summed E-state index contributed by atoms with van der Waals surface area (Å²) in [4.78, 5) is 21.1. The van der Waals surface area contributed by atoms with Gasteiger partial charge in [0.05, 0.1) is 24.2 Å². The molecule has 1 amide bonds. The van der Waals surface area contributed by atoms with Crippen molar-refractivity contribution in [3.63, 3.8) is 0 Å². The lowest BCUT2D eigenvalue weighted by atomic mass is 10.3. The number of carbonyl (C=O) groups is 1. The molecular formula is C18H23N3O2S. The second-order valence-corrected chi connectivity index (χ2v) is 6.62. The van der Waals surface area contributed by atoms with Crippen molar-refractivity contribution in [3.8, 4) is 5.75 Å².